The largest absolute Gasteiger partial charge is 0.383 e. The minimum atomic E-state index is 0.0735. The fourth-order valence-electron chi connectivity index (χ4n) is 2.96. The van der Waals surface area contributed by atoms with Gasteiger partial charge in [0.2, 0.25) is 5.91 Å². The number of carbonyl (C=O) groups excluding carboxylic acids is 1. The van der Waals surface area contributed by atoms with Crippen LogP contribution < -0.4 is 5.32 Å². The van der Waals surface area contributed by atoms with E-state index in [4.69, 9.17) is 4.74 Å². The Morgan fingerprint density at radius 1 is 1.33 bits per heavy atom. The number of carbonyl (C=O) groups is 1. The summed E-state index contributed by atoms with van der Waals surface area (Å²) in [5.74, 6) is 0.732. The molecule has 1 unspecified atom stereocenters. The van der Waals surface area contributed by atoms with Crippen molar-refractivity contribution in [2.45, 2.75) is 31.7 Å². The molecule has 0 aromatic heterocycles. The Balaban J connectivity index is 1.73. The number of hydrogen-bond acceptors (Lipinski definition) is 3. The van der Waals surface area contributed by atoms with Crippen molar-refractivity contribution < 1.29 is 9.53 Å². The first kappa shape index (κ1) is 16.0. The van der Waals surface area contributed by atoms with Crippen LogP contribution in [0.4, 0.5) is 0 Å². The van der Waals surface area contributed by atoms with E-state index in [2.05, 4.69) is 40.5 Å². The average molecular weight is 290 g/mol. The number of benzene rings is 1. The highest BCUT2D eigenvalue weighted by Gasteiger charge is 2.22. The Bertz CT molecular complexity index is 428. The van der Waals surface area contributed by atoms with Crippen LogP contribution >= 0.6 is 0 Å². The van der Waals surface area contributed by atoms with Crippen molar-refractivity contribution in [3.8, 4) is 0 Å². The van der Waals surface area contributed by atoms with Crippen LogP contribution in [-0.2, 0) is 9.53 Å². The predicted molar refractivity (Wildman–Crippen MR) is 84.3 cm³/mol. The number of methoxy groups -OCH3 is 1. The molecular formula is C17H26N2O2. The van der Waals surface area contributed by atoms with Gasteiger partial charge in [-0.1, -0.05) is 30.3 Å². The van der Waals surface area contributed by atoms with E-state index in [1.807, 2.05) is 6.92 Å². The number of rotatable bonds is 6. The van der Waals surface area contributed by atoms with Gasteiger partial charge in [-0.15, -0.1) is 0 Å². The smallest absolute Gasteiger partial charge is 0.234 e. The van der Waals surface area contributed by atoms with Gasteiger partial charge in [-0.05, 0) is 44.3 Å². The molecule has 1 fully saturated rings. The van der Waals surface area contributed by atoms with Crippen molar-refractivity contribution in [3.05, 3.63) is 35.9 Å². The highest BCUT2D eigenvalue weighted by molar-refractivity contribution is 5.78. The quantitative estimate of drug-likeness (QED) is 0.871. The topological polar surface area (TPSA) is 41.6 Å². The molecule has 1 N–H and O–H groups in total. The zero-order valence-corrected chi connectivity index (χ0v) is 13.0. The molecule has 1 aliphatic rings. The summed E-state index contributed by atoms with van der Waals surface area (Å²) in [6, 6.07) is 10.8. The minimum Gasteiger partial charge on any atom is -0.383 e. The molecule has 4 nitrogen and oxygen atoms in total. The number of likely N-dealkylation sites (tertiary alicyclic amines) is 1. The number of nitrogens with zero attached hydrogens (tertiary/aromatic N) is 1. The van der Waals surface area contributed by atoms with Gasteiger partial charge in [0, 0.05) is 13.2 Å². The van der Waals surface area contributed by atoms with Crippen LogP contribution in [0.2, 0.25) is 0 Å². The number of hydrogen-bond donors (Lipinski definition) is 1. The Hall–Kier alpha value is -1.39. The fraction of sp³-hybridized carbons (Fsp3) is 0.588. The maximum absolute atomic E-state index is 11.9. The Morgan fingerprint density at radius 3 is 2.62 bits per heavy atom. The Kier molecular flexibility index (Phi) is 6.21. The number of amides is 1. The van der Waals surface area contributed by atoms with Crippen LogP contribution in [0.25, 0.3) is 0 Å². The van der Waals surface area contributed by atoms with Gasteiger partial charge in [0.1, 0.15) is 0 Å². The van der Waals surface area contributed by atoms with Gasteiger partial charge in [-0.2, -0.15) is 0 Å². The van der Waals surface area contributed by atoms with Crippen molar-refractivity contribution in [2.24, 2.45) is 0 Å². The summed E-state index contributed by atoms with van der Waals surface area (Å²) in [6.45, 7) is 5.00. The summed E-state index contributed by atoms with van der Waals surface area (Å²) in [4.78, 5) is 14.2. The summed E-state index contributed by atoms with van der Waals surface area (Å²) in [5, 5.41) is 2.97. The van der Waals surface area contributed by atoms with Crippen LogP contribution in [0.3, 0.4) is 0 Å². The highest BCUT2D eigenvalue weighted by Crippen LogP contribution is 2.27. The molecule has 1 saturated heterocycles. The molecular weight excluding hydrogens is 264 g/mol. The van der Waals surface area contributed by atoms with Gasteiger partial charge >= 0.3 is 0 Å². The monoisotopic (exact) mass is 290 g/mol. The van der Waals surface area contributed by atoms with E-state index in [-0.39, 0.29) is 11.9 Å². The molecule has 1 heterocycles. The molecule has 2 rings (SSSR count). The van der Waals surface area contributed by atoms with E-state index in [1.54, 1.807) is 7.11 Å². The number of ether oxygens (including phenoxy) is 1. The minimum absolute atomic E-state index is 0.0735. The molecule has 1 aliphatic heterocycles. The second kappa shape index (κ2) is 8.15. The molecule has 0 spiro atoms. The summed E-state index contributed by atoms with van der Waals surface area (Å²) >= 11 is 0. The van der Waals surface area contributed by atoms with Crippen LogP contribution in [0.15, 0.2) is 30.3 Å². The molecule has 0 bridgehead atoms. The van der Waals surface area contributed by atoms with Crippen molar-refractivity contribution >= 4 is 5.91 Å². The van der Waals surface area contributed by atoms with E-state index in [0.717, 1.165) is 25.9 Å². The molecule has 0 aliphatic carbocycles. The lowest BCUT2D eigenvalue weighted by Crippen LogP contribution is -2.44. The fourth-order valence-corrected chi connectivity index (χ4v) is 2.96. The molecule has 1 amide bonds. The lowest BCUT2D eigenvalue weighted by molar-refractivity contribution is -0.123. The third-order valence-electron chi connectivity index (χ3n) is 4.05. The van der Waals surface area contributed by atoms with Gasteiger partial charge < -0.3 is 10.1 Å². The SMILES string of the molecule is COCC(C)NC(=O)CN1CCC(c2ccccc2)CC1. The normalized spacial score (nSPS) is 18.4. The van der Waals surface area contributed by atoms with Gasteiger partial charge in [-0.25, -0.2) is 0 Å². The van der Waals surface area contributed by atoms with E-state index >= 15 is 0 Å². The van der Waals surface area contributed by atoms with E-state index in [0.29, 0.717) is 19.1 Å². The molecule has 21 heavy (non-hydrogen) atoms. The Labute approximate surface area is 127 Å². The Morgan fingerprint density at radius 2 is 2.00 bits per heavy atom. The molecule has 1 aromatic rings. The van der Waals surface area contributed by atoms with E-state index in [9.17, 15) is 4.79 Å². The first-order valence-corrected chi connectivity index (χ1v) is 7.74. The van der Waals surface area contributed by atoms with E-state index < -0.39 is 0 Å². The predicted octanol–water partition coefficient (Wildman–Crippen LogP) is 2.02. The van der Waals surface area contributed by atoms with Gasteiger partial charge in [-0.3, -0.25) is 9.69 Å². The second-order valence-electron chi connectivity index (χ2n) is 5.89. The molecule has 4 heteroatoms. The average Bonchev–Trinajstić information content (AvgIpc) is 2.49. The highest BCUT2D eigenvalue weighted by atomic mass is 16.5. The summed E-state index contributed by atoms with van der Waals surface area (Å²) in [5.41, 5.74) is 1.43. The lowest BCUT2D eigenvalue weighted by atomic mass is 9.89. The zero-order valence-electron chi connectivity index (χ0n) is 13.0. The first-order chi connectivity index (χ1) is 10.2. The van der Waals surface area contributed by atoms with Crippen LogP contribution in [0, 0.1) is 0 Å². The molecule has 1 atom stereocenters. The summed E-state index contributed by atoms with van der Waals surface area (Å²) in [6.07, 6.45) is 2.26. The van der Waals surface area contributed by atoms with E-state index in [1.165, 1.54) is 5.56 Å². The first-order valence-electron chi connectivity index (χ1n) is 7.74. The molecule has 1 aromatic carbocycles. The maximum atomic E-state index is 11.9. The molecule has 0 radical (unpaired) electrons. The second-order valence-corrected chi connectivity index (χ2v) is 5.89. The summed E-state index contributed by atoms with van der Waals surface area (Å²) in [7, 11) is 1.65. The number of piperidine rings is 1. The van der Waals surface area contributed by atoms with Gasteiger partial charge in [0.05, 0.1) is 13.2 Å². The maximum Gasteiger partial charge on any atom is 0.234 e. The standard InChI is InChI=1S/C17H26N2O2/c1-14(13-21-2)18-17(20)12-19-10-8-16(9-11-19)15-6-4-3-5-7-15/h3-7,14,16H,8-13H2,1-2H3,(H,18,20). The zero-order chi connectivity index (χ0) is 15.1. The lowest BCUT2D eigenvalue weighted by Gasteiger charge is -2.32. The molecule has 0 saturated carbocycles. The number of nitrogens with one attached hydrogen (secondary N) is 1. The van der Waals surface area contributed by atoms with Crippen LogP contribution in [0.1, 0.15) is 31.2 Å². The van der Waals surface area contributed by atoms with Gasteiger partial charge in [0.25, 0.3) is 0 Å². The van der Waals surface area contributed by atoms with Crippen molar-refractivity contribution in [1.29, 1.82) is 0 Å². The van der Waals surface area contributed by atoms with Crippen molar-refractivity contribution in [3.63, 3.8) is 0 Å². The van der Waals surface area contributed by atoms with Crippen LogP contribution in [-0.4, -0.2) is 50.2 Å². The molecule has 116 valence electrons. The van der Waals surface area contributed by atoms with Gasteiger partial charge in [0.15, 0.2) is 0 Å². The van der Waals surface area contributed by atoms with Crippen molar-refractivity contribution in [2.75, 3.05) is 33.4 Å². The van der Waals surface area contributed by atoms with Crippen molar-refractivity contribution in [1.82, 2.24) is 10.2 Å². The van der Waals surface area contributed by atoms with Crippen LogP contribution in [0.5, 0.6) is 0 Å². The third kappa shape index (κ3) is 5.14. The third-order valence-corrected chi connectivity index (χ3v) is 4.05. The summed E-state index contributed by atoms with van der Waals surface area (Å²) < 4.78 is 5.03.